The summed E-state index contributed by atoms with van der Waals surface area (Å²) in [5, 5.41) is 11.2. The van der Waals surface area contributed by atoms with Crippen molar-refractivity contribution in [2.45, 2.75) is 36.9 Å². The van der Waals surface area contributed by atoms with Gasteiger partial charge < -0.3 is 14.7 Å². The van der Waals surface area contributed by atoms with Crippen LogP contribution >= 0.6 is 11.8 Å². The Morgan fingerprint density at radius 3 is 2.89 bits per heavy atom. The Balaban J connectivity index is 1.26. The lowest BCUT2D eigenvalue weighted by Gasteiger charge is -2.38. The molecule has 1 N–H and O–H groups in total. The van der Waals surface area contributed by atoms with Crippen molar-refractivity contribution in [1.29, 1.82) is 0 Å². The number of hydrogen-bond acceptors (Lipinski definition) is 6. The van der Waals surface area contributed by atoms with E-state index in [9.17, 15) is 9.50 Å². The molecule has 1 saturated heterocycles. The average Bonchev–Trinajstić information content (AvgIpc) is 2.90. The fourth-order valence-corrected chi connectivity index (χ4v) is 5.75. The maximum Gasteiger partial charge on any atom is 0.155 e. The number of hydrogen-bond donors (Lipinski definition) is 1. The molecule has 3 heterocycles. The van der Waals surface area contributed by atoms with Crippen LogP contribution in [0, 0.1) is 17.7 Å². The van der Waals surface area contributed by atoms with E-state index in [1.54, 1.807) is 31.6 Å². The van der Waals surface area contributed by atoms with E-state index >= 15 is 4.39 Å². The first-order chi connectivity index (χ1) is 17.1. The third-order valence-electron chi connectivity index (χ3n) is 6.90. The largest absolute Gasteiger partial charge is 0.497 e. The van der Waals surface area contributed by atoms with Crippen LogP contribution in [0.3, 0.4) is 0 Å². The first kappa shape index (κ1) is 25.8. The van der Waals surface area contributed by atoms with Gasteiger partial charge in [-0.05, 0) is 92.6 Å². The SMILES string of the molecule is COc1ccc2nccc([C@@H](F)CC[C@@H]3CCN(CCCSc4ncccc4F)C[C@@H]3CO)c2c1. The van der Waals surface area contributed by atoms with Crippen molar-refractivity contribution < 1.29 is 18.6 Å². The number of piperidine rings is 1. The second kappa shape index (κ2) is 12.6. The van der Waals surface area contributed by atoms with Gasteiger partial charge in [-0.1, -0.05) is 0 Å². The Bertz CT molecular complexity index is 1100. The molecule has 0 radical (unpaired) electrons. The number of fused-ring (bicyclic) bond motifs is 1. The van der Waals surface area contributed by atoms with E-state index in [0.717, 1.165) is 55.6 Å². The van der Waals surface area contributed by atoms with Crippen LogP contribution in [-0.2, 0) is 0 Å². The number of halogens is 2. The van der Waals surface area contributed by atoms with E-state index < -0.39 is 6.17 Å². The zero-order chi connectivity index (χ0) is 24.6. The van der Waals surface area contributed by atoms with Crippen molar-refractivity contribution in [2.75, 3.05) is 39.1 Å². The molecule has 1 fully saturated rings. The Morgan fingerprint density at radius 1 is 1.20 bits per heavy atom. The van der Waals surface area contributed by atoms with Gasteiger partial charge in [-0.15, -0.1) is 11.8 Å². The first-order valence-electron chi connectivity index (χ1n) is 12.2. The number of aliphatic hydroxyl groups is 1. The smallest absolute Gasteiger partial charge is 0.155 e. The highest BCUT2D eigenvalue weighted by Crippen LogP contribution is 2.35. The molecule has 0 saturated carbocycles. The number of alkyl halides is 1. The zero-order valence-corrected chi connectivity index (χ0v) is 20.9. The lowest BCUT2D eigenvalue weighted by Crippen LogP contribution is -2.42. The summed E-state index contributed by atoms with van der Waals surface area (Å²) in [5.41, 5.74) is 1.41. The number of aliphatic hydroxyl groups excluding tert-OH is 1. The molecule has 1 aromatic carbocycles. The molecule has 5 nitrogen and oxygen atoms in total. The van der Waals surface area contributed by atoms with Crippen LogP contribution in [-0.4, -0.2) is 59.1 Å². The molecule has 188 valence electrons. The molecule has 0 bridgehead atoms. The highest BCUT2D eigenvalue weighted by Gasteiger charge is 2.29. The van der Waals surface area contributed by atoms with E-state index in [4.69, 9.17) is 4.74 Å². The minimum atomic E-state index is -1.09. The van der Waals surface area contributed by atoms with Crippen molar-refractivity contribution in [2.24, 2.45) is 11.8 Å². The molecule has 8 heteroatoms. The van der Waals surface area contributed by atoms with Crippen LogP contribution in [0.1, 0.15) is 37.4 Å². The van der Waals surface area contributed by atoms with Crippen LogP contribution in [0.2, 0.25) is 0 Å². The third-order valence-corrected chi connectivity index (χ3v) is 7.97. The molecule has 0 unspecified atom stereocenters. The maximum absolute atomic E-state index is 15.4. The summed E-state index contributed by atoms with van der Waals surface area (Å²) < 4.78 is 34.4. The number of ether oxygens (including phenoxy) is 1. The van der Waals surface area contributed by atoms with E-state index in [0.29, 0.717) is 28.7 Å². The number of aromatic nitrogens is 2. The van der Waals surface area contributed by atoms with E-state index in [-0.39, 0.29) is 18.3 Å². The molecule has 3 atom stereocenters. The number of pyridine rings is 2. The second-order valence-electron chi connectivity index (χ2n) is 9.11. The van der Waals surface area contributed by atoms with Gasteiger partial charge in [0.2, 0.25) is 0 Å². The van der Waals surface area contributed by atoms with Gasteiger partial charge in [0.25, 0.3) is 0 Å². The first-order valence-corrected chi connectivity index (χ1v) is 13.2. The van der Waals surface area contributed by atoms with E-state index in [1.165, 1.54) is 17.8 Å². The summed E-state index contributed by atoms with van der Waals surface area (Å²) >= 11 is 1.44. The molecular weight excluding hydrogens is 468 g/mol. The summed E-state index contributed by atoms with van der Waals surface area (Å²) in [6.45, 7) is 2.77. The molecule has 2 aromatic heterocycles. The van der Waals surface area contributed by atoms with Crippen molar-refractivity contribution in [3.05, 3.63) is 60.2 Å². The van der Waals surface area contributed by atoms with Gasteiger partial charge in [0.15, 0.2) is 5.82 Å². The van der Waals surface area contributed by atoms with E-state index in [2.05, 4.69) is 14.9 Å². The molecule has 1 aliphatic rings. The Kier molecular flexibility index (Phi) is 9.29. The predicted molar refractivity (Wildman–Crippen MR) is 136 cm³/mol. The molecule has 1 aliphatic heterocycles. The fraction of sp³-hybridized carbons (Fsp3) is 0.481. The lowest BCUT2D eigenvalue weighted by atomic mass is 9.81. The summed E-state index contributed by atoms with van der Waals surface area (Å²) in [7, 11) is 1.60. The third kappa shape index (κ3) is 6.68. The number of nitrogens with zero attached hydrogens (tertiary/aromatic N) is 3. The van der Waals surface area contributed by atoms with Gasteiger partial charge >= 0.3 is 0 Å². The number of thioether (sulfide) groups is 1. The van der Waals surface area contributed by atoms with Crippen LogP contribution in [0.5, 0.6) is 5.75 Å². The van der Waals surface area contributed by atoms with Crippen molar-refractivity contribution in [1.82, 2.24) is 14.9 Å². The zero-order valence-electron chi connectivity index (χ0n) is 20.1. The van der Waals surface area contributed by atoms with Gasteiger partial charge in [0.1, 0.15) is 16.9 Å². The molecular formula is C27H33F2N3O2S. The van der Waals surface area contributed by atoms with Gasteiger partial charge in [-0.25, -0.2) is 13.8 Å². The van der Waals surface area contributed by atoms with Gasteiger partial charge in [0.05, 0.1) is 12.6 Å². The molecule has 0 amide bonds. The van der Waals surface area contributed by atoms with E-state index in [1.807, 2.05) is 18.2 Å². The van der Waals surface area contributed by atoms with Gasteiger partial charge in [-0.2, -0.15) is 0 Å². The topological polar surface area (TPSA) is 58.5 Å². The monoisotopic (exact) mass is 501 g/mol. The number of benzene rings is 1. The molecule has 35 heavy (non-hydrogen) atoms. The minimum absolute atomic E-state index is 0.113. The maximum atomic E-state index is 15.4. The number of likely N-dealkylation sites (tertiary alicyclic amines) is 1. The van der Waals surface area contributed by atoms with Gasteiger partial charge in [-0.3, -0.25) is 4.98 Å². The lowest BCUT2D eigenvalue weighted by molar-refractivity contribution is 0.0640. The highest BCUT2D eigenvalue weighted by molar-refractivity contribution is 7.99. The van der Waals surface area contributed by atoms with Crippen LogP contribution in [0.15, 0.2) is 53.8 Å². The fourth-order valence-electron chi connectivity index (χ4n) is 4.94. The van der Waals surface area contributed by atoms with Crippen molar-refractivity contribution >= 4 is 22.7 Å². The quantitative estimate of drug-likeness (QED) is 0.269. The van der Waals surface area contributed by atoms with Crippen molar-refractivity contribution in [3.8, 4) is 5.75 Å². The summed E-state index contributed by atoms with van der Waals surface area (Å²) in [6, 6.07) is 10.3. The summed E-state index contributed by atoms with van der Waals surface area (Å²) in [4.78, 5) is 10.8. The Labute approximate surface area is 209 Å². The summed E-state index contributed by atoms with van der Waals surface area (Å²) in [5.74, 6) is 1.66. The van der Waals surface area contributed by atoms with Crippen LogP contribution < -0.4 is 4.74 Å². The van der Waals surface area contributed by atoms with Crippen LogP contribution in [0.25, 0.3) is 10.9 Å². The molecule has 3 aromatic rings. The normalized spacial score (nSPS) is 19.7. The number of methoxy groups -OCH3 is 1. The van der Waals surface area contributed by atoms with Gasteiger partial charge in [0, 0.05) is 36.7 Å². The Hall–Kier alpha value is -2.29. The Morgan fingerprint density at radius 2 is 2.09 bits per heavy atom. The summed E-state index contributed by atoms with van der Waals surface area (Å²) in [6.07, 6.45) is 5.21. The average molecular weight is 502 g/mol. The predicted octanol–water partition coefficient (Wildman–Crippen LogP) is 5.68. The van der Waals surface area contributed by atoms with Crippen LogP contribution in [0.4, 0.5) is 8.78 Å². The minimum Gasteiger partial charge on any atom is -0.497 e. The highest BCUT2D eigenvalue weighted by atomic mass is 32.2. The number of rotatable bonds is 11. The molecule has 4 rings (SSSR count). The van der Waals surface area contributed by atoms with Crippen molar-refractivity contribution in [3.63, 3.8) is 0 Å². The molecule has 0 spiro atoms. The molecule has 0 aliphatic carbocycles. The standard InChI is InChI=1S/C27H33F2N3O2S/c1-34-21-6-8-26-23(16-21)22(9-12-30-26)24(28)7-5-19-10-14-32(17-20(19)18-33)13-3-15-35-27-25(29)4-2-11-31-27/h2,4,6,8-9,11-12,16,19-20,24,33H,3,5,7,10,13-15,17-18H2,1H3/t19-,20-,24+/m1/s1. The second-order valence-corrected chi connectivity index (χ2v) is 10.2.